The van der Waals surface area contributed by atoms with Crippen molar-refractivity contribution in [1.29, 1.82) is 0 Å². The quantitative estimate of drug-likeness (QED) is 0.755. The molecule has 0 fully saturated rings. The second-order valence-corrected chi connectivity index (χ2v) is 5.79. The van der Waals surface area contributed by atoms with Crippen LogP contribution in [0.4, 0.5) is 0 Å². The number of rotatable bonds is 8. The van der Waals surface area contributed by atoms with Crippen LogP contribution in [0.15, 0.2) is 55.1 Å². The summed E-state index contributed by atoms with van der Waals surface area (Å²) in [5.41, 5.74) is 3.20. The van der Waals surface area contributed by atoms with Gasteiger partial charge < -0.3 is 14.4 Å². The first-order valence-electron chi connectivity index (χ1n) is 7.91. The van der Waals surface area contributed by atoms with Gasteiger partial charge in [0.25, 0.3) is 0 Å². The van der Waals surface area contributed by atoms with Crippen LogP contribution in [0.1, 0.15) is 11.1 Å². The maximum absolute atomic E-state index is 5.90. The van der Waals surface area contributed by atoms with Crippen LogP contribution in [0.3, 0.4) is 0 Å². The van der Waals surface area contributed by atoms with Crippen LogP contribution in [-0.4, -0.2) is 27.2 Å². The molecule has 0 aromatic heterocycles. The fourth-order valence-corrected chi connectivity index (χ4v) is 2.44. The number of ether oxygens (including phenoxy) is 2. The van der Waals surface area contributed by atoms with E-state index in [1.165, 1.54) is 4.90 Å². The summed E-state index contributed by atoms with van der Waals surface area (Å²) in [6.07, 6.45) is 5.35. The smallest absolute Gasteiger partial charge is 0.139 e. The molecular weight excluding hydrogens is 298 g/mol. The van der Waals surface area contributed by atoms with Gasteiger partial charge in [0, 0.05) is 5.57 Å². The van der Waals surface area contributed by atoms with E-state index in [4.69, 9.17) is 15.9 Å². The molecule has 0 radical (unpaired) electrons. The molecule has 0 bridgehead atoms. The van der Waals surface area contributed by atoms with Gasteiger partial charge in [-0.25, -0.2) is 0 Å². The summed E-state index contributed by atoms with van der Waals surface area (Å²) in [6.45, 7) is 6.16. The van der Waals surface area contributed by atoms with Crippen molar-refractivity contribution in [2.24, 2.45) is 0 Å². The van der Waals surface area contributed by atoms with Crippen LogP contribution in [0.25, 0.3) is 5.57 Å². The first-order valence-corrected chi connectivity index (χ1v) is 7.91. The summed E-state index contributed by atoms with van der Waals surface area (Å²) in [4.78, 5) is 1.24. The van der Waals surface area contributed by atoms with Crippen molar-refractivity contribution < 1.29 is 14.4 Å². The van der Waals surface area contributed by atoms with Gasteiger partial charge in [-0.15, -0.1) is 6.42 Å². The first-order chi connectivity index (χ1) is 11.6. The van der Waals surface area contributed by atoms with Crippen molar-refractivity contribution in [2.45, 2.75) is 6.61 Å². The van der Waals surface area contributed by atoms with Crippen molar-refractivity contribution in [2.75, 3.05) is 27.2 Å². The minimum Gasteiger partial charge on any atom is -0.497 e. The standard InChI is InChI=1S/C21H23NO2/c1-5-12-22(3)15-17(2)19-9-7-11-21(14-19)24-16-18-8-6-10-20(13-18)23-4/h1,6-11,13-14H,2,12,15-16H2,3-4H3/p+1. The minimum atomic E-state index is 0.495. The number of terminal acetylenes is 1. The molecule has 0 amide bonds. The van der Waals surface area contributed by atoms with E-state index in [-0.39, 0.29) is 0 Å². The fourth-order valence-electron chi connectivity index (χ4n) is 2.44. The highest BCUT2D eigenvalue weighted by Gasteiger charge is 2.07. The lowest BCUT2D eigenvalue weighted by molar-refractivity contribution is -0.863. The molecule has 1 unspecified atom stereocenters. The van der Waals surface area contributed by atoms with Crippen LogP contribution >= 0.6 is 0 Å². The Balaban J connectivity index is 1.99. The normalized spacial score (nSPS) is 11.4. The number of methoxy groups -OCH3 is 1. The molecule has 3 heteroatoms. The highest BCUT2D eigenvalue weighted by molar-refractivity contribution is 5.65. The van der Waals surface area contributed by atoms with Crippen molar-refractivity contribution >= 4 is 5.57 Å². The van der Waals surface area contributed by atoms with Gasteiger partial charge in [0.2, 0.25) is 0 Å². The van der Waals surface area contributed by atoms with Crippen LogP contribution < -0.4 is 14.4 Å². The lowest BCUT2D eigenvalue weighted by atomic mass is 10.1. The molecule has 1 N–H and O–H groups in total. The Kier molecular flexibility index (Phi) is 6.48. The molecule has 0 aliphatic carbocycles. The van der Waals surface area contributed by atoms with Crippen LogP contribution in [0, 0.1) is 12.3 Å². The predicted molar refractivity (Wildman–Crippen MR) is 98.3 cm³/mol. The molecule has 24 heavy (non-hydrogen) atoms. The summed E-state index contributed by atoms with van der Waals surface area (Å²) < 4.78 is 11.1. The lowest BCUT2D eigenvalue weighted by Crippen LogP contribution is -3.08. The van der Waals surface area contributed by atoms with Crippen molar-refractivity contribution in [1.82, 2.24) is 0 Å². The maximum Gasteiger partial charge on any atom is 0.139 e. The molecule has 0 heterocycles. The largest absolute Gasteiger partial charge is 0.497 e. The molecule has 124 valence electrons. The Hall–Kier alpha value is -2.70. The first kappa shape index (κ1) is 17.7. The molecule has 0 aliphatic heterocycles. The van der Waals surface area contributed by atoms with E-state index < -0.39 is 0 Å². The second-order valence-electron chi connectivity index (χ2n) is 5.79. The third-order valence-electron chi connectivity index (χ3n) is 3.70. The van der Waals surface area contributed by atoms with Crippen molar-refractivity contribution in [3.8, 4) is 23.8 Å². The zero-order valence-corrected chi connectivity index (χ0v) is 14.3. The van der Waals surface area contributed by atoms with E-state index >= 15 is 0 Å². The van der Waals surface area contributed by atoms with Gasteiger partial charge >= 0.3 is 0 Å². The van der Waals surface area contributed by atoms with Crippen molar-refractivity contribution in [3.05, 3.63) is 66.2 Å². The SMILES string of the molecule is C#CC[NH+](C)CC(=C)c1cccc(OCc2cccc(OC)c2)c1. The van der Waals surface area contributed by atoms with E-state index in [0.29, 0.717) is 13.2 Å². The van der Waals surface area contributed by atoms with Gasteiger partial charge in [0.05, 0.1) is 14.2 Å². The Morgan fingerprint density at radius 1 is 1.17 bits per heavy atom. The third-order valence-corrected chi connectivity index (χ3v) is 3.70. The van der Waals surface area contributed by atoms with Gasteiger partial charge in [-0.3, -0.25) is 0 Å². The predicted octanol–water partition coefficient (Wildman–Crippen LogP) is 2.44. The Morgan fingerprint density at radius 2 is 1.92 bits per heavy atom. The zero-order chi connectivity index (χ0) is 17.4. The summed E-state index contributed by atoms with van der Waals surface area (Å²) in [5.74, 6) is 4.33. The molecule has 1 atom stereocenters. The topological polar surface area (TPSA) is 22.9 Å². The van der Waals surface area contributed by atoms with Gasteiger partial charge in [-0.05, 0) is 41.3 Å². The summed E-state index contributed by atoms with van der Waals surface area (Å²) >= 11 is 0. The summed E-state index contributed by atoms with van der Waals surface area (Å²) in [6, 6.07) is 15.9. The minimum absolute atomic E-state index is 0.495. The van der Waals surface area contributed by atoms with Crippen LogP contribution in [0.5, 0.6) is 11.5 Å². The van der Waals surface area contributed by atoms with Gasteiger partial charge in [0.1, 0.15) is 31.2 Å². The van der Waals surface area contributed by atoms with E-state index in [1.54, 1.807) is 7.11 Å². The van der Waals surface area contributed by atoms with Crippen LogP contribution in [-0.2, 0) is 6.61 Å². The molecule has 0 saturated carbocycles. The van der Waals surface area contributed by atoms with Crippen molar-refractivity contribution in [3.63, 3.8) is 0 Å². The monoisotopic (exact) mass is 322 g/mol. The Bertz CT molecular complexity index is 731. The van der Waals surface area contributed by atoms with Gasteiger partial charge in [-0.2, -0.15) is 0 Å². The van der Waals surface area contributed by atoms with E-state index in [2.05, 4.69) is 19.5 Å². The number of quaternary nitrogens is 1. The maximum atomic E-state index is 5.90. The number of benzene rings is 2. The molecular formula is C21H24NO2+. The molecule has 2 rings (SSSR count). The highest BCUT2D eigenvalue weighted by atomic mass is 16.5. The molecule has 3 nitrogen and oxygen atoms in total. The van der Waals surface area contributed by atoms with Gasteiger partial charge in [0.15, 0.2) is 0 Å². The fraction of sp³-hybridized carbons (Fsp3) is 0.238. The average Bonchev–Trinajstić information content (AvgIpc) is 2.60. The average molecular weight is 322 g/mol. The molecule has 2 aromatic rings. The molecule has 0 saturated heterocycles. The molecule has 0 spiro atoms. The van der Waals surface area contributed by atoms with E-state index in [9.17, 15) is 0 Å². The third kappa shape index (κ3) is 5.19. The molecule has 0 aliphatic rings. The number of nitrogens with one attached hydrogen (secondary N) is 1. The number of hydrogen-bond acceptors (Lipinski definition) is 2. The number of likely N-dealkylation sites (N-methyl/N-ethyl adjacent to an activating group) is 1. The Morgan fingerprint density at radius 3 is 2.67 bits per heavy atom. The summed E-state index contributed by atoms with van der Waals surface area (Å²) in [5, 5.41) is 0. The Labute approximate surface area is 144 Å². The van der Waals surface area contributed by atoms with Crippen LogP contribution in [0.2, 0.25) is 0 Å². The highest BCUT2D eigenvalue weighted by Crippen LogP contribution is 2.20. The number of hydrogen-bond donors (Lipinski definition) is 1. The zero-order valence-electron chi connectivity index (χ0n) is 14.3. The summed E-state index contributed by atoms with van der Waals surface area (Å²) in [7, 11) is 3.72. The lowest BCUT2D eigenvalue weighted by Gasteiger charge is -2.14. The van der Waals surface area contributed by atoms with E-state index in [0.717, 1.165) is 34.7 Å². The van der Waals surface area contributed by atoms with Gasteiger partial charge in [-0.1, -0.05) is 30.8 Å². The second kappa shape index (κ2) is 8.81. The van der Waals surface area contributed by atoms with E-state index in [1.807, 2.05) is 48.5 Å². The molecule has 2 aromatic carbocycles.